The lowest BCUT2D eigenvalue weighted by Gasteiger charge is -2.29. The van der Waals surface area contributed by atoms with Gasteiger partial charge in [0.05, 0.1) is 12.0 Å². The highest BCUT2D eigenvalue weighted by atomic mass is 35.5. The van der Waals surface area contributed by atoms with Gasteiger partial charge in [0, 0.05) is 13.1 Å². The summed E-state index contributed by atoms with van der Waals surface area (Å²) in [5.41, 5.74) is 2.57. The summed E-state index contributed by atoms with van der Waals surface area (Å²) in [6.45, 7) is 3.79. The van der Waals surface area contributed by atoms with Crippen molar-refractivity contribution in [3.05, 3.63) is 35.4 Å². The highest BCUT2D eigenvalue weighted by Gasteiger charge is 2.36. The number of hydrogen-bond acceptors (Lipinski definition) is 2. The lowest BCUT2D eigenvalue weighted by molar-refractivity contribution is -0.127. The first-order valence-corrected chi connectivity index (χ1v) is 6.82. The molecule has 0 aromatic heterocycles. The molecule has 2 fully saturated rings. The fourth-order valence-electron chi connectivity index (χ4n) is 2.56. The minimum Gasteiger partial charge on any atom is -0.349 e. The third-order valence-corrected chi connectivity index (χ3v) is 4.07. The number of hydrogen-bond donors (Lipinski definition) is 2. The van der Waals surface area contributed by atoms with E-state index in [9.17, 15) is 4.79 Å². The number of aryl methyl sites for hydroxylation is 1. The smallest absolute Gasteiger partial charge is 0.226 e. The van der Waals surface area contributed by atoms with Crippen LogP contribution in [0.25, 0.3) is 0 Å². The number of amides is 1. The zero-order valence-corrected chi connectivity index (χ0v) is 12.0. The average Bonchev–Trinajstić information content (AvgIpc) is 3.08. The Balaban J connectivity index is 0.00000133. The Hall–Kier alpha value is -1.06. The zero-order valence-electron chi connectivity index (χ0n) is 11.2. The summed E-state index contributed by atoms with van der Waals surface area (Å²) in [4.78, 5) is 12.1. The second-order valence-electron chi connectivity index (χ2n) is 5.54. The van der Waals surface area contributed by atoms with Crippen LogP contribution in [0.2, 0.25) is 0 Å². The van der Waals surface area contributed by atoms with E-state index in [1.54, 1.807) is 0 Å². The van der Waals surface area contributed by atoms with E-state index in [1.807, 2.05) is 0 Å². The van der Waals surface area contributed by atoms with Gasteiger partial charge in [0.25, 0.3) is 0 Å². The second kappa shape index (κ2) is 5.93. The molecule has 3 rings (SSSR count). The molecule has 1 amide bonds. The molecule has 3 nitrogen and oxygen atoms in total. The third kappa shape index (κ3) is 3.10. The van der Waals surface area contributed by atoms with E-state index in [1.165, 1.54) is 24.0 Å². The van der Waals surface area contributed by atoms with Crippen molar-refractivity contribution < 1.29 is 4.79 Å². The topological polar surface area (TPSA) is 41.1 Å². The molecule has 0 radical (unpaired) electrons. The van der Waals surface area contributed by atoms with Gasteiger partial charge in [-0.2, -0.15) is 0 Å². The minimum atomic E-state index is 0. The predicted molar refractivity (Wildman–Crippen MR) is 78.4 cm³/mol. The van der Waals surface area contributed by atoms with Gasteiger partial charge in [-0.25, -0.2) is 0 Å². The first-order valence-electron chi connectivity index (χ1n) is 6.82. The van der Waals surface area contributed by atoms with Crippen molar-refractivity contribution in [2.24, 2.45) is 11.8 Å². The number of rotatable bonds is 4. The molecule has 1 atom stereocenters. The van der Waals surface area contributed by atoms with Gasteiger partial charge in [-0.05, 0) is 36.8 Å². The molecule has 1 aliphatic carbocycles. The summed E-state index contributed by atoms with van der Waals surface area (Å²) in [6.07, 6.45) is 2.48. The van der Waals surface area contributed by atoms with E-state index >= 15 is 0 Å². The Bertz CT molecular complexity index is 455. The molecule has 0 bridgehead atoms. The van der Waals surface area contributed by atoms with E-state index in [-0.39, 0.29) is 30.3 Å². The van der Waals surface area contributed by atoms with Crippen LogP contribution in [0, 0.1) is 18.8 Å². The average molecular weight is 281 g/mol. The number of halogens is 1. The Morgan fingerprint density at radius 1 is 1.32 bits per heavy atom. The molecule has 19 heavy (non-hydrogen) atoms. The SMILES string of the molecule is Cc1ccccc1C(NC(=O)C1CNC1)C1CC1.Cl. The molecule has 0 spiro atoms. The van der Waals surface area contributed by atoms with Crippen LogP contribution in [0.5, 0.6) is 0 Å². The fourth-order valence-corrected chi connectivity index (χ4v) is 2.56. The van der Waals surface area contributed by atoms with Crippen molar-refractivity contribution in [2.45, 2.75) is 25.8 Å². The summed E-state index contributed by atoms with van der Waals surface area (Å²) < 4.78 is 0. The van der Waals surface area contributed by atoms with E-state index in [2.05, 4.69) is 41.8 Å². The molecule has 4 heteroatoms. The van der Waals surface area contributed by atoms with Crippen LogP contribution in [-0.2, 0) is 4.79 Å². The first-order chi connectivity index (χ1) is 8.75. The van der Waals surface area contributed by atoms with Crippen LogP contribution in [0.3, 0.4) is 0 Å². The monoisotopic (exact) mass is 280 g/mol. The van der Waals surface area contributed by atoms with Gasteiger partial charge in [-0.3, -0.25) is 4.79 Å². The van der Waals surface area contributed by atoms with Gasteiger partial charge in [0.2, 0.25) is 5.91 Å². The van der Waals surface area contributed by atoms with Gasteiger partial charge in [-0.15, -0.1) is 12.4 Å². The minimum absolute atomic E-state index is 0. The molecule has 1 aromatic carbocycles. The van der Waals surface area contributed by atoms with Crippen molar-refractivity contribution in [3.63, 3.8) is 0 Å². The Morgan fingerprint density at radius 3 is 2.53 bits per heavy atom. The summed E-state index contributed by atoms with van der Waals surface area (Å²) >= 11 is 0. The van der Waals surface area contributed by atoms with Crippen molar-refractivity contribution in [1.82, 2.24) is 10.6 Å². The molecule has 2 aliphatic rings. The molecule has 1 unspecified atom stereocenters. The predicted octanol–water partition coefficient (Wildman–Crippen LogP) is 2.20. The fraction of sp³-hybridized carbons (Fsp3) is 0.533. The van der Waals surface area contributed by atoms with Gasteiger partial charge < -0.3 is 10.6 Å². The molecule has 104 valence electrons. The first kappa shape index (κ1) is 14.4. The zero-order chi connectivity index (χ0) is 12.5. The normalized spacial score (nSPS) is 20.1. The van der Waals surface area contributed by atoms with Crippen LogP contribution in [0.4, 0.5) is 0 Å². The third-order valence-electron chi connectivity index (χ3n) is 4.07. The number of carbonyl (C=O) groups excluding carboxylic acids is 1. The number of carbonyl (C=O) groups is 1. The quantitative estimate of drug-likeness (QED) is 0.888. The van der Waals surface area contributed by atoms with Gasteiger partial charge in [0.15, 0.2) is 0 Å². The molecular weight excluding hydrogens is 260 g/mol. The number of nitrogens with one attached hydrogen (secondary N) is 2. The van der Waals surface area contributed by atoms with E-state index in [0.29, 0.717) is 5.92 Å². The standard InChI is InChI=1S/C15H20N2O.ClH/c1-10-4-2-3-5-13(10)14(11-6-7-11)17-15(18)12-8-16-9-12;/h2-5,11-12,14,16H,6-9H2,1H3,(H,17,18);1H. The lowest BCUT2D eigenvalue weighted by atomic mass is 9.95. The van der Waals surface area contributed by atoms with Gasteiger partial charge >= 0.3 is 0 Å². The van der Waals surface area contributed by atoms with Crippen molar-refractivity contribution in [1.29, 1.82) is 0 Å². The van der Waals surface area contributed by atoms with Crippen molar-refractivity contribution >= 4 is 18.3 Å². The van der Waals surface area contributed by atoms with Crippen molar-refractivity contribution in [2.75, 3.05) is 13.1 Å². The van der Waals surface area contributed by atoms with Gasteiger partial charge in [-0.1, -0.05) is 24.3 Å². The summed E-state index contributed by atoms with van der Waals surface area (Å²) in [6, 6.07) is 8.62. The maximum atomic E-state index is 12.1. The molecule has 1 saturated carbocycles. The van der Waals surface area contributed by atoms with Crippen LogP contribution in [-0.4, -0.2) is 19.0 Å². The molecule has 2 N–H and O–H groups in total. The molecular formula is C15H21ClN2O. The Labute approximate surface area is 120 Å². The maximum absolute atomic E-state index is 12.1. The summed E-state index contributed by atoms with van der Waals surface area (Å²) in [5, 5.41) is 6.41. The maximum Gasteiger partial charge on any atom is 0.226 e. The van der Waals surface area contributed by atoms with E-state index in [4.69, 9.17) is 0 Å². The van der Waals surface area contributed by atoms with Crippen molar-refractivity contribution in [3.8, 4) is 0 Å². The van der Waals surface area contributed by atoms with E-state index < -0.39 is 0 Å². The molecule has 1 aliphatic heterocycles. The summed E-state index contributed by atoms with van der Waals surface area (Å²) in [5.74, 6) is 1.03. The highest BCUT2D eigenvalue weighted by molar-refractivity contribution is 5.85. The Kier molecular flexibility index (Phi) is 4.48. The number of benzene rings is 1. The Morgan fingerprint density at radius 2 is 2.00 bits per heavy atom. The van der Waals surface area contributed by atoms with E-state index in [0.717, 1.165) is 13.1 Å². The molecule has 1 saturated heterocycles. The van der Waals surface area contributed by atoms with Crippen LogP contribution in [0.15, 0.2) is 24.3 Å². The van der Waals surface area contributed by atoms with Crippen LogP contribution >= 0.6 is 12.4 Å². The second-order valence-corrected chi connectivity index (χ2v) is 5.54. The molecule has 1 heterocycles. The van der Waals surface area contributed by atoms with Crippen LogP contribution < -0.4 is 10.6 Å². The molecule has 1 aromatic rings. The van der Waals surface area contributed by atoms with Crippen LogP contribution in [0.1, 0.15) is 30.0 Å². The lowest BCUT2D eigenvalue weighted by Crippen LogP contribution is -2.51. The summed E-state index contributed by atoms with van der Waals surface area (Å²) in [7, 11) is 0. The largest absolute Gasteiger partial charge is 0.349 e. The van der Waals surface area contributed by atoms with Gasteiger partial charge in [0.1, 0.15) is 0 Å². The highest BCUT2D eigenvalue weighted by Crippen LogP contribution is 2.42.